The quantitative estimate of drug-likeness (QED) is 0.730. The van der Waals surface area contributed by atoms with Crippen LogP contribution in [0.1, 0.15) is 48.1 Å². The molecule has 0 saturated heterocycles. The van der Waals surface area contributed by atoms with Crippen molar-refractivity contribution in [1.82, 2.24) is 9.97 Å². The van der Waals surface area contributed by atoms with Crippen LogP contribution in [-0.4, -0.2) is 22.4 Å². The second-order valence-corrected chi connectivity index (χ2v) is 3.91. The molecular formula is C12H16N2O2. The first-order chi connectivity index (χ1) is 7.81. The van der Waals surface area contributed by atoms with Gasteiger partial charge in [0.1, 0.15) is 6.61 Å². The van der Waals surface area contributed by atoms with Crippen molar-refractivity contribution in [2.45, 2.75) is 39.2 Å². The van der Waals surface area contributed by atoms with Crippen LogP contribution in [0.5, 0.6) is 0 Å². The Kier molecular flexibility index (Phi) is 3.62. The molecular weight excluding hydrogens is 204 g/mol. The molecule has 0 bridgehead atoms. The van der Waals surface area contributed by atoms with E-state index in [9.17, 15) is 4.79 Å². The standard InChI is InChI=1S/C12H16N2O2/c1-2-16-8-12-13-7-9-10(14-12)5-3-4-6-11(9)15/h7H,2-6,8H2,1H3. The molecule has 4 nitrogen and oxygen atoms in total. The first-order valence-corrected chi connectivity index (χ1v) is 5.77. The van der Waals surface area contributed by atoms with Gasteiger partial charge in [-0.1, -0.05) is 0 Å². The maximum atomic E-state index is 11.7. The van der Waals surface area contributed by atoms with Crippen molar-refractivity contribution in [3.8, 4) is 0 Å². The summed E-state index contributed by atoms with van der Waals surface area (Å²) in [6.07, 6.45) is 5.15. The summed E-state index contributed by atoms with van der Waals surface area (Å²) in [6.45, 7) is 3.02. The molecule has 0 spiro atoms. The van der Waals surface area contributed by atoms with E-state index < -0.39 is 0 Å². The van der Waals surface area contributed by atoms with Crippen molar-refractivity contribution in [3.05, 3.63) is 23.3 Å². The van der Waals surface area contributed by atoms with Crippen molar-refractivity contribution in [3.63, 3.8) is 0 Å². The summed E-state index contributed by atoms with van der Waals surface area (Å²) in [7, 11) is 0. The summed E-state index contributed by atoms with van der Waals surface area (Å²) < 4.78 is 5.26. The second kappa shape index (κ2) is 5.16. The lowest BCUT2D eigenvalue weighted by molar-refractivity contribution is 0.0980. The predicted octanol–water partition coefficient (Wildman–Crippen LogP) is 1.92. The average Bonchev–Trinajstić information content (AvgIpc) is 2.49. The van der Waals surface area contributed by atoms with Gasteiger partial charge in [-0.25, -0.2) is 9.97 Å². The van der Waals surface area contributed by atoms with E-state index in [0.717, 1.165) is 25.0 Å². The Labute approximate surface area is 95.1 Å². The van der Waals surface area contributed by atoms with E-state index in [1.165, 1.54) is 0 Å². The van der Waals surface area contributed by atoms with Crippen molar-refractivity contribution in [2.24, 2.45) is 0 Å². The number of Topliss-reactive ketones (excluding diaryl/α,β-unsaturated/α-hetero) is 1. The zero-order valence-electron chi connectivity index (χ0n) is 9.53. The van der Waals surface area contributed by atoms with Crippen molar-refractivity contribution in [1.29, 1.82) is 0 Å². The number of carbonyl (C=O) groups excluding carboxylic acids is 1. The van der Waals surface area contributed by atoms with Crippen LogP contribution in [-0.2, 0) is 17.8 Å². The smallest absolute Gasteiger partial charge is 0.166 e. The van der Waals surface area contributed by atoms with E-state index in [-0.39, 0.29) is 5.78 Å². The number of nitrogens with zero attached hydrogens (tertiary/aromatic N) is 2. The van der Waals surface area contributed by atoms with Crippen LogP contribution in [0.25, 0.3) is 0 Å². The molecule has 0 N–H and O–H groups in total. The highest BCUT2D eigenvalue weighted by Gasteiger charge is 2.17. The molecule has 1 aliphatic carbocycles. The minimum absolute atomic E-state index is 0.176. The molecule has 16 heavy (non-hydrogen) atoms. The van der Waals surface area contributed by atoms with Gasteiger partial charge in [-0.15, -0.1) is 0 Å². The fraction of sp³-hybridized carbons (Fsp3) is 0.583. The normalized spacial score (nSPS) is 15.7. The lowest BCUT2D eigenvalue weighted by atomic mass is 10.1. The van der Waals surface area contributed by atoms with Gasteiger partial charge in [0, 0.05) is 19.2 Å². The van der Waals surface area contributed by atoms with Crippen LogP contribution >= 0.6 is 0 Å². The second-order valence-electron chi connectivity index (χ2n) is 3.91. The van der Waals surface area contributed by atoms with Gasteiger partial charge < -0.3 is 4.74 Å². The predicted molar refractivity (Wildman–Crippen MR) is 59.2 cm³/mol. The molecule has 0 amide bonds. The Morgan fingerprint density at radius 3 is 3.00 bits per heavy atom. The zero-order valence-corrected chi connectivity index (χ0v) is 9.53. The van der Waals surface area contributed by atoms with Gasteiger partial charge in [0.2, 0.25) is 0 Å². The monoisotopic (exact) mass is 220 g/mol. The van der Waals surface area contributed by atoms with Crippen LogP contribution in [0.2, 0.25) is 0 Å². The van der Waals surface area contributed by atoms with Gasteiger partial charge in [0.25, 0.3) is 0 Å². The number of fused-ring (bicyclic) bond motifs is 1. The maximum Gasteiger partial charge on any atom is 0.166 e. The number of hydrogen-bond donors (Lipinski definition) is 0. The molecule has 0 radical (unpaired) electrons. The van der Waals surface area contributed by atoms with Crippen LogP contribution in [0.15, 0.2) is 6.20 Å². The van der Waals surface area contributed by atoms with Gasteiger partial charge >= 0.3 is 0 Å². The number of rotatable bonds is 3. The van der Waals surface area contributed by atoms with Gasteiger partial charge in [0.05, 0.1) is 11.3 Å². The number of hydrogen-bond acceptors (Lipinski definition) is 4. The number of aryl methyl sites for hydroxylation is 1. The lowest BCUT2D eigenvalue weighted by Gasteiger charge is -2.05. The number of aromatic nitrogens is 2. The number of carbonyl (C=O) groups is 1. The summed E-state index contributed by atoms with van der Waals surface area (Å²) in [5, 5.41) is 0. The third-order valence-electron chi connectivity index (χ3n) is 2.72. The molecule has 0 atom stereocenters. The highest BCUT2D eigenvalue weighted by Crippen LogP contribution is 2.18. The Morgan fingerprint density at radius 1 is 1.38 bits per heavy atom. The maximum absolute atomic E-state index is 11.7. The Bertz CT molecular complexity index is 391. The molecule has 1 heterocycles. The van der Waals surface area contributed by atoms with E-state index in [2.05, 4.69) is 9.97 Å². The fourth-order valence-electron chi connectivity index (χ4n) is 1.86. The highest BCUT2D eigenvalue weighted by atomic mass is 16.5. The molecule has 0 saturated carbocycles. The summed E-state index contributed by atoms with van der Waals surface area (Å²) in [5.74, 6) is 0.853. The summed E-state index contributed by atoms with van der Waals surface area (Å²) in [5.41, 5.74) is 1.60. The van der Waals surface area contributed by atoms with Crippen molar-refractivity contribution < 1.29 is 9.53 Å². The molecule has 4 heteroatoms. The molecule has 1 aromatic heterocycles. The van der Waals surface area contributed by atoms with E-state index >= 15 is 0 Å². The summed E-state index contributed by atoms with van der Waals surface area (Å²) in [6, 6.07) is 0. The molecule has 1 aliphatic rings. The Hall–Kier alpha value is -1.29. The molecule has 0 unspecified atom stereocenters. The lowest BCUT2D eigenvalue weighted by Crippen LogP contribution is -2.08. The third-order valence-corrected chi connectivity index (χ3v) is 2.72. The highest BCUT2D eigenvalue weighted by molar-refractivity contribution is 5.97. The molecule has 2 rings (SSSR count). The zero-order chi connectivity index (χ0) is 11.4. The summed E-state index contributed by atoms with van der Waals surface area (Å²) >= 11 is 0. The minimum Gasteiger partial charge on any atom is -0.374 e. The first kappa shape index (κ1) is 11.2. The van der Waals surface area contributed by atoms with Gasteiger partial charge in [-0.2, -0.15) is 0 Å². The molecule has 0 aliphatic heterocycles. The van der Waals surface area contributed by atoms with E-state index in [4.69, 9.17) is 4.74 Å². The number of ether oxygens (including phenoxy) is 1. The van der Waals surface area contributed by atoms with E-state index in [0.29, 0.717) is 31.0 Å². The van der Waals surface area contributed by atoms with Crippen LogP contribution in [0.3, 0.4) is 0 Å². The van der Waals surface area contributed by atoms with Crippen LogP contribution in [0.4, 0.5) is 0 Å². The largest absolute Gasteiger partial charge is 0.374 e. The first-order valence-electron chi connectivity index (χ1n) is 5.77. The molecule has 0 aromatic carbocycles. The van der Waals surface area contributed by atoms with Crippen LogP contribution in [0, 0.1) is 0 Å². The van der Waals surface area contributed by atoms with Gasteiger partial charge in [0.15, 0.2) is 11.6 Å². The average molecular weight is 220 g/mol. The molecule has 86 valence electrons. The summed E-state index contributed by atoms with van der Waals surface area (Å²) in [4.78, 5) is 20.3. The van der Waals surface area contributed by atoms with E-state index in [1.54, 1.807) is 6.20 Å². The Morgan fingerprint density at radius 2 is 2.19 bits per heavy atom. The van der Waals surface area contributed by atoms with Crippen LogP contribution < -0.4 is 0 Å². The number of ketones is 1. The SMILES string of the molecule is CCOCc1ncc2c(n1)CCCCC2=O. The van der Waals surface area contributed by atoms with Crippen molar-refractivity contribution >= 4 is 5.78 Å². The fourth-order valence-corrected chi connectivity index (χ4v) is 1.86. The topological polar surface area (TPSA) is 52.1 Å². The molecule has 1 aromatic rings. The van der Waals surface area contributed by atoms with E-state index in [1.807, 2.05) is 6.92 Å². The third kappa shape index (κ3) is 2.44. The molecule has 0 fully saturated rings. The van der Waals surface area contributed by atoms with Crippen molar-refractivity contribution in [2.75, 3.05) is 6.61 Å². The van der Waals surface area contributed by atoms with Gasteiger partial charge in [-0.3, -0.25) is 4.79 Å². The van der Waals surface area contributed by atoms with Gasteiger partial charge in [-0.05, 0) is 26.2 Å². The Balaban J connectivity index is 2.23. The minimum atomic E-state index is 0.176.